The van der Waals surface area contributed by atoms with E-state index in [0.717, 1.165) is 16.3 Å². The standard InChI is InChI=1S/C21H17N5O5/c1-30-15-9-7-14(8-10-15)26-20(28)16(18(27)24-21(26)29)11-22-12-17-23-19(31-25-17)13-5-3-2-4-6-13/h2-11,28H,12H2,1H3,(H,24,27,29). The van der Waals surface area contributed by atoms with Gasteiger partial charge in [-0.1, -0.05) is 23.4 Å². The Labute approximate surface area is 175 Å². The molecule has 0 radical (unpaired) electrons. The summed E-state index contributed by atoms with van der Waals surface area (Å²) in [4.78, 5) is 34.9. The van der Waals surface area contributed by atoms with Gasteiger partial charge in [-0.05, 0) is 36.4 Å². The van der Waals surface area contributed by atoms with Gasteiger partial charge in [0.2, 0.25) is 5.88 Å². The summed E-state index contributed by atoms with van der Waals surface area (Å²) >= 11 is 0. The average molecular weight is 419 g/mol. The van der Waals surface area contributed by atoms with E-state index in [0.29, 0.717) is 23.2 Å². The van der Waals surface area contributed by atoms with Gasteiger partial charge in [-0.3, -0.25) is 14.8 Å². The van der Waals surface area contributed by atoms with Gasteiger partial charge in [0, 0.05) is 11.8 Å². The van der Waals surface area contributed by atoms with Gasteiger partial charge in [-0.25, -0.2) is 9.36 Å². The monoisotopic (exact) mass is 419 g/mol. The quantitative estimate of drug-likeness (QED) is 0.456. The first-order valence-corrected chi connectivity index (χ1v) is 9.17. The molecule has 10 heteroatoms. The largest absolute Gasteiger partial charge is 0.497 e. The van der Waals surface area contributed by atoms with E-state index >= 15 is 0 Å². The molecule has 4 rings (SSSR count). The molecule has 0 aliphatic heterocycles. The number of aromatic nitrogens is 4. The topological polar surface area (TPSA) is 136 Å². The highest BCUT2D eigenvalue weighted by molar-refractivity contribution is 5.82. The van der Waals surface area contributed by atoms with Crippen molar-refractivity contribution in [2.45, 2.75) is 6.54 Å². The van der Waals surface area contributed by atoms with Crippen molar-refractivity contribution in [3.63, 3.8) is 0 Å². The first kappa shape index (κ1) is 19.8. The highest BCUT2D eigenvalue weighted by atomic mass is 16.5. The van der Waals surface area contributed by atoms with E-state index in [1.54, 1.807) is 24.3 Å². The molecular weight excluding hydrogens is 402 g/mol. The van der Waals surface area contributed by atoms with Crippen molar-refractivity contribution in [1.29, 1.82) is 0 Å². The average Bonchev–Trinajstić information content (AvgIpc) is 3.26. The van der Waals surface area contributed by atoms with Gasteiger partial charge < -0.3 is 14.4 Å². The minimum Gasteiger partial charge on any atom is -0.497 e. The SMILES string of the molecule is COc1ccc(-n2c(O)c(C=NCc3noc(-c4ccccc4)n3)c(=O)[nH]c2=O)cc1. The number of aromatic amines is 1. The molecule has 2 N–H and O–H groups in total. The number of nitrogens with zero attached hydrogens (tertiary/aromatic N) is 4. The Morgan fingerprint density at radius 3 is 2.61 bits per heavy atom. The Kier molecular flexibility index (Phi) is 5.43. The molecule has 0 bridgehead atoms. The summed E-state index contributed by atoms with van der Waals surface area (Å²) in [5.41, 5.74) is -0.613. The van der Waals surface area contributed by atoms with E-state index in [9.17, 15) is 14.7 Å². The summed E-state index contributed by atoms with van der Waals surface area (Å²) < 4.78 is 11.3. The van der Waals surface area contributed by atoms with Crippen molar-refractivity contribution in [3.8, 4) is 28.8 Å². The number of methoxy groups -OCH3 is 1. The smallest absolute Gasteiger partial charge is 0.335 e. The number of nitrogens with one attached hydrogen (secondary N) is 1. The zero-order valence-corrected chi connectivity index (χ0v) is 16.3. The molecule has 2 aromatic heterocycles. The van der Waals surface area contributed by atoms with Crippen LogP contribution in [-0.2, 0) is 6.54 Å². The number of hydrogen-bond donors (Lipinski definition) is 2. The molecular formula is C21H17N5O5. The van der Waals surface area contributed by atoms with Crippen molar-refractivity contribution in [2.75, 3.05) is 7.11 Å². The molecule has 0 atom stereocenters. The van der Waals surface area contributed by atoms with Crippen molar-refractivity contribution in [2.24, 2.45) is 4.99 Å². The van der Waals surface area contributed by atoms with Crippen LogP contribution in [0.3, 0.4) is 0 Å². The van der Waals surface area contributed by atoms with Crippen LogP contribution in [0.1, 0.15) is 11.4 Å². The molecule has 0 saturated carbocycles. The second-order valence-electron chi connectivity index (χ2n) is 6.38. The van der Waals surface area contributed by atoms with Crippen LogP contribution in [0.15, 0.2) is 73.7 Å². The van der Waals surface area contributed by atoms with Crippen LogP contribution in [-0.4, -0.2) is 38.1 Å². The molecule has 0 aliphatic carbocycles. The van der Waals surface area contributed by atoms with Crippen LogP contribution in [0.4, 0.5) is 0 Å². The number of rotatable bonds is 6. The fourth-order valence-electron chi connectivity index (χ4n) is 2.86. The normalized spacial score (nSPS) is 11.1. The maximum atomic E-state index is 12.2. The number of ether oxygens (including phenoxy) is 1. The van der Waals surface area contributed by atoms with Crippen molar-refractivity contribution in [1.82, 2.24) is 19.7 Å². The molecule has 0 amide bonds. The molecule has 156 valence electrons. The van der Waals surface area contributed by atoms with E-state index in [4.69, 9.17) is 9.26 Å². The van der Waals surface area contributed by atoms with Crippen LogP contribution in [0.2, 0.25) is 0 Å². The lowest BCUT2D eigenvalue weighted by Crippen LogP contribution is -2.31. The van der Waals surface area contributed by atoms with Crippen molar-refractivity contribution >= 4 is 6.21 Å². The maximum Gasteiger partial charge on any atom is 0.335 e. The highest BCUT2D eigenvalue weighted by Crippen LogP contribution is 2.19. The van der Waals surface area contributed by atoms with Gasteiger partial charge in [0.1, 0.15) is 17.9 Å². The lowest BCUT2D eigenvalue weighted by Gasteiger charge is -2.10. The number of H-pyrrole nitrogens is 1. The zero-order chi connectivity index (χ0) is 21.8. The molecule has 4 aromatic rings. The van der Waals surface area contributed by atoms with E-state index in [2.05, 4.69) is 20.1 Å². The van der Waals surface area contributed by atoms with Gasteiger partial charge in [-0.15, -0.1) is 0 Å². The lowest BCUT2D eigenvalue weighted by molar-refractivity contribution is 0.414. The maximum absolute atomic E-state index is 12.2. The van der Waals surface area contributed by atoms with E-state index in [1.165, 1.54) is 7.11 Å². The summed E-state index contributed by atoms with van der Waals surface area (Å²) in [7, 11) is 1.51. The number of aliphatic imine (C=N–C) groups is 1. The van der Waals surface area contributed by atoms with Gasteiger partial charge in [-0.2, -0.15) is 4.98 Å². The Hall–Kier alpha value is -4.47. The van der Waals surface area contributed by atoms with Gasteiger partial charge in [0.05, 0.1) is 12.8 Å². The van der Waals surface area contributed by atoms with Gasteiger partial charge in [0.15, 0.2) is 5.82 Å². The van der Waals surface area contributed by atoms with Crippen LogP contribution >= 0.6 is 0 Å². The number of benzene rings is 2. The summed E-state index contributed by atoms with van der Waals surface area (Å²) in [5.74, 6) is 0.687. The lowest BCUT2D eigenvalue weighted by atomic mass is 10.2. The fraction of sp³-hybridized carbons (Fsp3) is 0.0952. The second kappa shape index (κ2) is 8.49. The molecule has 2 aromatic carbocycles. The van der Waals surface area contributed by atoms with E-state index < -0.39 is 17.1 Å². The van der Waals surface area contributed by atoms with Crippen LogP contribution in [0.5, 0.6) is 11.6 Å². The second-order valence-corrected chi connectivity index (χ2v) is 6.38. The fourth-order valence-corrected chi connectivity index (χ4v) is 2.86. The van der Waals surface area contributed by atoms with E-state index in [-0.39, 0.29) is 12.1 Å². The van der Waals surface area contributed by atoms with Crippen molar-refractivity contribution < 1.29 is 14.4 Å². The summed E-state index contributed by atoms with van der Waals surface area (Å²) in [6.45, 7) is 0.0108. The molecule has 31 heavy (non-hydrogen) atoms. The predicted molar refractivity (Wildman–Crippen MR) is 112 cm³/mol. The predicted octanol–water partition coefficient (Wildman–Crippen LogP) is 1.91. The summed E-state index contributed by atoms with van der Waals surface area (Å²) in [5, 5.41) is 14.4. The third kappa shape index (κ3) is 4.13. The molecule has 10 nitrogen and oxygen atoms in total. The first-order valence-electron chi connectivity index (χ1n) is 9.17. The molecule has 0 unspecified atom stereocenters. The minimum absolute atomic E-state index is 0.0108. The third-order valence-electron chi connectivity index (χ3n) is 4.39. The van der Waals surface area contributed by atoms with Crippen LogP contribution < -0.4 is 16.0 Å². The molecule has 0 fully saturated rings. The van der Waals surface area contributed by atoms with Gasteiger partial charge >= 0.3 is 5.69 Å². The van der Waals surface area contributed by atoms with Gasteiger partial charge in [0.25, 0.3) is 11.4 Å². The zero-order valence-electron chi connectivity index (χ0n) is 16.3. The third-order valence-corrected chi connectivity index (χ3v) is 4.39. The Morgan fingerprint density at radius 1 is 1.16 bits per heavy atom. The molecule has 2 heterocycles. The molecule has 0 aliphatic rings. The van der Waals surface area contributed by atoms with E-state index in [1.807, 2.05) is 30.3 Å². The Bertz CT molecular complexity index is 1340. The number of hydrogen-bond acceptors (Lipinski definition) is 8. The Balaban J connectivity index is 1.60. The van der Waals surface area contributed by atoms with Crippen molar-refractivity contribution in [3.05, 3.63) is 86.8 Å². The number of aromatic hydroxyl groups is 1. The Morgan fingerprint density at radius 2 is 1.90 bits per heavy atom. The molecule has 0 spiro atoms. The minimum atomic E-state index is -0.782. The van der Waals surface area contributed by atoms with Crippen LogP contribution in [0.25, 0.3) is 17.1 Å². The molecule has 0 saturated heterocycles. The first-order chi connectivity index (χ1) is 15.1. The van der Waals surface area contributed by atoms with Crippen LogP contribution in [0, 0.1) is 0 Å². The summed E-state index contributed by atoms with van der Waals surface area (Å²) in [6, 6.07) is 15.6. The highest BCUT2D eigenvalue weighted by Gasteiger charge is 2.14. The summed E-state index contributed by atoms with van der Waals surface area (Å²) in [6.07, 6.45) is 1.16.